The number of benzene rings is 1. The number of hydrogen-bond acceptors (Lipinski definition) is 1. The second-order valence-corrected chi connectivity index (χ2v) is 6.44. The summed E-state index contributed by atoms with van der Waals surface area (Å²) in [4.78, 5) is 0. The highest BCUT2D eigenvalue weighted by molar-refractivity contribution is 9.10. The van der Waals surface area contributed by atoms with E-state index in [-0.39, 0.29) is 0 Å². The van der Waals surface area contributed by atoms with E-state index < -0.39 is 0 Å². The van der Waals surface area contributed by atoms with E-state index in [1.807, 2.05) is 0 Å². The predicted molar refractivity (Wildman–Crippen MR) is 81.8 cm³/mol. The summed E-state index contributed by atoms with van der Waals surface area (Å²) in [5.41, 5.74) is 1.37. The fourth-order valence-corrected chi connectivity index (χ4v) is 3.29. The predicted octanol–water partition coefficient (Wildman–Crippen LogP) is 5.07. The third-order valence-electron chi connectivity index (χ3n) is 4.08. The summed E-state index contributed by atoms with van der Waals surface area (Å²) in [5.74, 6) is 0.973. The topological polar surface area (TPSA) is 12.0 Å². The molecule has 1 aromatic carbocycles. The average Bonchev–Trinajstić information content (AvgIpc) is 2.40. The summed E-state index contributed by atoms with van der Waals surface area (Å²) in [5, 5.41) is 3.65. The monoisotopic (exact) mass is 309 g/mol. The third-order valence-corrected chi connectivity index (χ3v) is 4.57. The van der Waals surface area contributed by atoms with Crippen LogP contribution in [0.2, 0.25) is 0 Å². The summed E-state index contributed by atoms with van der Waals surface area (Å²) in [6, 6.07) is 9.05. The van der Waals surface area contributed by atoms with Crippen molar-refractivity contribution in [2.24, 2.45) is 5.92 Å². The van der Waals surface area contributed by atoms with Gasteiger partial charge in [0.05, 0.1) is 0 Å². The molecule has 0 aliphatic heterocycles. The average molecular weight is 310 g/mol. The van der Waals surface area contributed by atoms with Crippen molar-refractivity contribution < 1.29 is 0 Å². The lowest BCUT2D eigenvalue weighted by Gasteiger charge is -2.22. The molecule has 100 valence electrons. The lowest BCUT2D eigenvalue weighted by molar-refractivity contribution is 0.329. The zero-order chi connectivity index (χ0) is 12.8. The molecular formula is C16H24BrN. The normalized spacial score (nSPS) is 18.8. The van der Waals surface area contributed by atoms with Crippen molar-refractivity contribution >= 4 is 15.9 Å². The fraction of sp³-hybridized carbons (Fsp3) is 0.625. The van der Waals surface area contributed by atoms with E-state index >= 15 is 0 Å². The van der Waals surface area contributed by atoms with Crippen LogP contribution in [0, 0.1) is 5.92 Å². The Morgan fingerprint density at radius 3 is 2.78 bits per heavy atom. The molecule has 1 aliphatic rings. The SMILES string of the molecule is C[C@H](NCCC1CCCCC1)c1cccc(Br)c1. The summed E-state index contributed by atoms with van der Waals surface area (Å²) in [6.45, 7) is 3.40. The number of nitrogens with one attached hydrogen (secondary N) is 1. The van der Waals surface area contributed by atoms with Crippen molar-refractivity contribution in [1.29, 1.82) is 0 Å². The molecule has 1 atom stereocenters. The lowest BCUT2D eigenvalue weighted by atomic mass is 9.87. The lowest BCUT2D eigenvalue weighted by Crippen LogP contribution is -2.22. The first kappa shape index (κ1) is 14.1. The van der Waals surface area contributed by atoms with Crippen molar-refractivity contribution in [3.05, 3.63) is 34.3 Å². The van der Waals surface area contributed by atoms with Crippen LogP contribution in [-0.2, 0) is 0 Å². The van der Waals surface area contributed by atoms with Crippen LogP contribution < -0.4 is 5.32 Å². The van der Waals surface area contributed by atoms with Gasteiger partial charge in [-0.2, -0.15) is 0 Å². The maximum absolute atomic E-state index is 3.65. The molecule has 0 bridgehead atoms. The van der Waals surface area contributed by atoms with Gasteiger partial charge in [0.2, 0.25) is 0 Å². The van der Waals surface area contributed by atoms with E-state index in [0.717, 1.165) is 12.5 Å². The number of hydrogen-bond donors (Lipinski definition) is 1. The van der Waals surface area contributed by atoms with Gasteiger partial charge in [-0.05, 0) is 43.5 Å². The molecule has 2 rings (SSSR count). The summed E-state index contributed by atoms with van der Waals surface area (Å²) in [7, 11) is 0. The number of halogens is 1. The smallest absolute Gasteiger partial charge is 0.0292 e. The highest BCUT2D eigenvalue weighted by Crippen LogP contribution is 2.26. The molecule has 0 heterocycles. The molecule has 1 nitrogen and oxygen atoms in total. The van der Waals surface area contributed by atoms with Crippen molar-refractivity contribution in [1.82, 2.24) is 5.32 Å². The zero-order valence-electron chi connectivity index (χ0n) is 11.3. The first-order chi connectivity index (χ1) is 8.75. The van der Waals surface area contributed by atoms with Crippen LogP contribution >= 0.6 is 15.9 Å². The molecule has 1 fully saturated rings. The van der Waals surface area contributed by atoms with E-state index in [0.29, 0.717) is 6.04 Å². The molecule has 2 heteroatoms. The van der Waals surface area contributed by atoms with Gasteiger partial charge in [0.25, 0.3) is 0 Å². The van der Waals surface area contributed by atoms with Crippen molar-refractivity contribution in [3.8, 4) is 0 Å². The molecular weight excluding hydrogens is 286 g/mol. The van der Waals surface area contributed by atoms with Gasteiger partial charge in [-0.25, -0.2) is 0 Å². The van der Waals surface area contributed by atoms with Crippen molar-refractivity contribution in [2.45, 2.75) is 51.5 Å². The Morgan fingerprint density at radius 1 is 1.28 bits per heavy atom. The molecule has 0 unspecified atom stereocenters. The van der Waals surface area contributed by atoms with Crippen LogP contribution in [0.1, 0.15) is 57.1 Å². The molecule has 0 spiro atoms. The zero-order valence-corrected chi connectivity index (χ0v) is 12.9. The van der Waals surface area contributed by atoms with E-state index in [1.165, 1.54) is 48.6 Å². The molecule has 1 aliphatic carbocycles. The maximum atomic E-state index is 3.65. The van der Waals surface area contributed by atoms with Crippen molar-refractivity contribution in [2.75, 3.05) is 6.54 Å². The van der Waals surface area contributed by atoms with E-state index in [2.05, 4.69) is 52.4 Å². The quantitative estimate of drug-likeness (QED) is 0.800. The van der Waals surface area contributed by atoms with Crippen LogP contribution in [-0.4, -0.2) is 6.54 Å². The standard InChI is InChI=1S/C16H24BrN/c1-13(15-8-5-9-16(17)12-15)18-11-10-14-6-3-2-4-7-14/h5,8-9,12-14,18H,2-4,6-7,10-11H2,1H3/t13-/m0/s1. The molecule has 1 N–H and O–H groups in total. The summed E-state index contributed by atoms with van der Waals surface area (Å²) in [6.07, 6.45) is 8.61. The minimum Gasteiger partial charge on any atom is -0.310 e. The van der Waals surface area contributed by atoms with Gasteiger partial charge in [-0.15, -0.1) is 0 Å². The van der Waals surface area contributed by atoms with Gasteiger partial charge >= 0.3 is 0 Å². The first-order valence-corrected chi connectivity index (χ1v) is 8.04. The third kappa shape index (κ3) is 4.40. The van der Waals surface area contributed by atoms with Gasteiger partial charge in [-0.1, -0.05) is 60.2 Å². The largest absolute Gasteiger partial charge is 0.310 e. The highest BCUT2D eigenvalue weighted by Gasteiger charge is 2.13. The molecule has 0 saturated heterocycles. The minimum atomic E-state index is 0.450. The van der Waals surface area contributed by atoms with Crippen LogP contribution in [0.3, 0.4) is 0 Å². The van der Waals surface area contributed by atoms with Crippen LogP contribution in [0.4, 0.5) is 0 Å². The Kier molecular flexibility index (Phi) is 5.71. The van der Waals surface area contributed by atoms with Crippen LogP contribution in [0.5, 0.6) is 0 Å². The molecule has 0 radical (unpaired) electrons. The number of rotatable bonds is 5. The molecule has 0 aromatic heterocycles. The Balaban J connectivity index is 1.72. The van der Waals surface area contributed by atoms with Crippen molar-refractivity contribution in [3.63, 3.8) is 0 Å². The second kappa shape index (κ2) is 7.30. The van der Waals surface area contributed by atoms with Crippen LogP contribution in [0.15, 0.2) is 28.7 Å². The van der Waals surface area contributed by atoms with E-state index in [4.69, 9.17) is 0 Å². The molecule has 1 saturated carbocycles. The first-order valence-electron chi connectivity index (χ1n) is 7.24. The van der Waals surface area contributed by atoms with E-state index in [9.17, 15) is 0 Å². The summed E-state index contributed by atoms with van der Waals surface area (Å²) < 4.78 is 1.17. The Hall–Kier alpha value is -0.340. The maximum Gasteiger partial charge on any atom is 0.0292 e. The molecule has 0 amide bonds. The van der Waals surface area contributed by atoms with Gasteiger partial charge in [0, 0.05) is 10.5 Å². The van der Waals surface area contributed by atoms with E-state index in [1.54, 1.807) is 0 Å². The minimum absolute atomic E-state index is 0.450. The Bertz CT molecular complexity index is 358. The second-order valence-electron chi connectivity index (χ2n) is 5.52. The Labute approximate surface area is 119 Å². The Morgan fingerprint density at radius 2 is 2.06 bits per heavy atom. The van der Waals surface area contributed by atoms with Crippen LogP contribution in [0.25, 0.3) is 0 Å². The highest BCUT2D eigenvalue weighted by atomic mass is 79.9. The van der Waals surface area contributed by atoms with Gasteiger partial charge in [0.1, 0.15) is 0 Å². The fourth-order valence-electron chi connectivity index (χ4n) is 2.87. The summed E-state index contributed by atoms with van der Waals surface area (Å²) >= 11 is 3.53. The van der Waals surface area contributed by atoms with Gasteiger partial charge < -0.3 is 5.32 Å². The molecule has 18 heavy (non-hydrogen) atoms. The van der Waals surface area contributed by atoms with Gasteiger partial charge in [0.15, 0.2) is 0 Å². The molecule has 1 aromatic rings. The van der Waals surface area contributed by atoms with Gasteiger partial charge in [-0.3, -0.25) is 0 Å².